The number of hydrogen-bond acceptors (Lipinski definition) is 4. The molecule has 0 heterocycles. The highest BCUT2D eigenvalue weighted by atomic mass is 16.6. The van der Waals surface area contributed by atoms with Gasteiger partial charge in [-0.2, -0.15) is 0 Å². The predicted molar refractivity (Wildman–Crippen MR) is 154 cm³/mol. The number of rotatable bonds is 7. The van der Waals surface area contributed by atoms with Crippen LogP contribution >= 0.6 is 0 Å². The van der Waals surface area contributed by atoms with E-state index in [4.69, 9.17) is 4.74 Å². The van der Waals surface area contributed by atoms with Gasteiger partial charge in [0, 0.05) is 11.7 Å². The fraction of sp³-hybridized carbons (Fsp3) is 0.406. The second kappa shape index (κ2) is 11.1. The SMILES string of the molecule is Cc1cccc(C(C(=O)Nc2ccc3ccccc3c2)N(C(=O)C(C)NC(=O)OC(C)(C)C)C2CC2C)c1C. The summed E-state index contributed by atoms with van der Waals surface area (Å²) in [7, 11) is 0. The number of fused-ring (bicyclic) bond motifs is 1. The highest BCUT2D eigenvalue weighted by Crippen LogP contribution is 2.42. The lowest BCUT2D eigenvalue weighted by molar-refractivity contribution is -0.141. The average molecular weight is 530 g/mol. The molecule has 0 aliphatic heterocycles. The molecule has 1 saturated carbocycles. The number of anilines is 1. The molecule has 206 valence electrons. The summed E-state index contributed by atoms with van der Waals surface area (Å²) >= 11 is 0. The third-order valence-corrected chi connectivity index (χ3v) is 7.27. The number of alkyl carbamates (subject to hydrolysis) is 1. The number of nitrogens with one attached hydrogen (secondary N) is 2. The second-order valence-electron chi connectivity index (χ2n) is 11.6. The molecule has 4 rings (SSSR count). The molecule has 39 heavy (non-hydrogen) atoms. The molecule has 3 aromatic rings. The van der Waals surface area contributed by atoms with Gasteiger partial charge >= 0.3 is 6.09 Å². The number of ether oxygens (including phenoxy) is 1. The molecule has 0 saturated heterocycles. The number of carbonyl (C=O) groups excluding carboxylic acids is 3. The molecule has 0 bridgehead atoms. The van der Waals surface area contributed by atoms with Crippen molar-refractivity contribution in [1.29, 1.82) is 0 Å². The van der Waals surface area contributed by atoms with Crippen molar-refractivity contribution >= 4 is 34.4 Å². The maximum absolute atomic E-state index is 14.1. The van der Waals surface area contributed by atoms with E-state index in [1.54, 1.807) is 32.6 Å². The van der Waals surface area contributed by atoms with E-state index in [0.29, 0.717) is 5.69 Å². The van der Waals surface area contributed by atoms with Crippen LogP contribution in [0.3, 0.4) is 0 Å². The van der Waals surface area contributed by atoms with Crippen molar-refractivity contribution in [1.82, 2.24) is 10.2 Å². The van der Waals surface area contributed by atoms with Crippen LogP contribution in [0.2, 0.25) is 0 Å². The minimum absolute atomic E-state index is 0.118. The van der Waals surface area contributed by atoms with E-state index in [9.17, 15) is 14.4 Å². The number of carbonyl (C=O) groups is 3. The quantitative estimate of drug-likeness (QED) is 0.377. The Bertz CT molecular complexity index is 1390. The zero-order valence-corrected chi connectivity index (χ0v) is 23.9. The van der Waals surface area contributed by atoms with E-state index in [-0.39, 0.29) is 23.8 Å². The zero-order chi connectivity index (χ0) is 28.5. The number of hydrogen-bond donors (Lipinski definition) is 2. The largest absolute Gasteiger partial charge is 0.444 e. The number of nitrogens with zero attached hydrogens (tertiary/aromatic N) is 1. The Morgan fingerprint density at radius 2 is 1.64 bits per heavy atom. The Labute approximate surface area is 230 Å². The first-order valence-electron chi connectivity index (χ1n) is 13.5. The van der Waals surface area contributed by atoms with Crippen LogP contribution in [0.5, 0.6) is 0 Å². The van der Waals surface area contributed by atoms with E-state index in [0.717, 1.165) is 33.9 Å². The van der Waals surface area contributed by atoms with Gasteiger partial charge in [0.05, 0.1) is 0 Å². The van der Waals surface area contributed by atoms with E-state index < -0.39 is 23.8 Å². The Morgan fingerprint density at radius 1 is 0.974 bits per heavy atom. The number of benzene rings is 3. The summed E-state index contributed by atoms with van der Waals surface area (Å²) in [5.41, 5.74) is 2.72. The molecule has 7 heteroatoms. The lowest BCUT2D eigenvalue weighted by Crippen LogP contribution is -2.52. The molecule has 3 amide bonds. The van der Waals surface area contributed by atoms with Crippen molar-refractivity contribution in [2.75, 3.05) is 5.32 Å². The topological polar surface area (TPSA) is 87.7 Å². The highest BCUT2D eigenvalue weighted by molar-refractivity contribution is 6.00. The Hall–Kier alpha value is -3.87. The highest BCUT2D eigenvalue weighted by Gasteiger charge is 2.48. The predicted octanol–water partition coefficient (Wildman–Crippen LogP) is 6.29. The van der Waals surface area contributed by atoms with Crippen molar-refractivity contribution in [2.24, 2.45) is 5.92 Å². The Balaban J connectivity index is 1.70. The Morgan fingerprint density at radius 3 is 2.28 bits per heavy atom. The molecule has 3 aromatic carbocycles. The van der Waals surface area contributed by atoms with Crippen LogP contribution in [-0.4, -0.2) is 40.5 Å². The van der Waals surface area contributed by atoms with Gasteiger partial charge in [-0.3, -0.25) is 9.59 Å². The monoisotopic (exact) mass is 529 g/mol. The van der Waals surface area contributed by atoms with E-state index in [2.05, 4.69) is 17.6 Å². The minimum Gasteiger partial charge on any atom is -0.444 e. The summed E-state index contributed by atoms with van der Waals surface area (Å²) in [5.74, 6) is -0.380. The zero-order valence-electron chi connectivity index (χ0n) is 23.9. The molecule has 0 aromatic heterocycles. The molecule has 1 fully saturated rings. The summed E-state index contributed by atoms with van der Waals surface area (Å²) in [5, 5.41) is 7.84. The van der Waals surface area contributed by atoms with Gasteiger partial charge in [-0.05, 0) is 93.5 Å². The standard InChI is InChI=1S/C32H39N3O4/c1-19-11-10-14-26(21(19)3)28(29(36)34-25-16-15-23-12-8-9-13-24(23)18-25)35(27-17-20(27)2)30(37)22(4)33-31(38)39-32(5,6)7/h8-16,18,20,22,27-28H,17H2,1-7H3,(H,33,38)(H,34,36). The average Bonchev–Trinajstić information content (AvgIpc) is 3.58. The van der Waals surface area contributed by atoms with E-state index in [1.807, 2.05) is 74.5 Å². The van der Waals surface area contributed by atoms with Gasteiger partial charge in [-0.15, -0.1) is 0 Å². The van der Waals surface area contributed by atoms with E-state index in [1.165, 1.54) is 0 Å². The van der Waals surface area contributed by atoms with Gasteiger partial charge in [-0.1, -0.05) is 55.5 Å². The van der Waals surface area contributed by atoms with Crippen LogP contribution in [-0.2, 0) is 14.3 Å². The third kappa shape index (κ3) is 6.59. The number of amides is 3. The van der Waals surface area contributed by atoms with Gasteiger partial charge in [0.2, 0.25) is 5.91 Å². The van der Waals surface area contributed by atoms with Crippen molar-refractivity contribution in [2.45, 2.75) is 78.6 Å². The summed E-state index contributed by atoms with van der Waals surface area (Å²) in [4.78, 5) is 42.3. The first-order valence-corrected chi connectivity index (χ1v) is 13.5. The first-order chi connectivity index (χ1) is 18.4. The van der Waals surface area contributed by atoms with Gasteiger partial charge in [0.1, 0.15) is 17.7 Å². The van der Waals surface area contributed by atoms with Gasteiger partial charge in [0.15, 0.2) is 0 Å². The minimum atomic E-state index is -0.881. The van der Waals surface area contributed by atoms with Crippen LogP contribution in [0.25, 0.3) is 10.8 Å². The van der Waals surface area contributed by atoms with Crippen molar-refractivity contribution in [3.63, 3.8) is 0 Å². The number of aryl methyl sites for hydroxylation is 1. The fourth-order valence-electron chi connectivity index (χ4n) is 4.91. The molecule has 7 nitrogen and oxygen atoms in total. The van der Waals surface area contributed by atoms with Crippen molar-refractivity contribution in [3.05, 3.63) is 77.4 Å². The molecule has 0 spiro atoms. The van der Waals surface area contributed by atoms with Crippen molar-refractivity contribution < 1.29 is 19.1 Å². The van der Waals surface area contributed by atoms with Gasteiger partial charge in [-0.25, -0.2) is 4.79 Å². The van der Waals surface area contributed by atoms with E-state index >= 15 is 0 Å². The van der Waals surface area contributed by atoms with Gasteiger partial charge < -0.3 is 20.3 Å². The second-order valence-corrected chi connectivity index (χ2v) is 11.6. The summed E-state index contributed by atoms with van der Waals surface area (Å²) in [6.45, 7) is 13.0. The summed E-state index contributed by atoms with van der Waals surface area (Å²) in [6, 6.07) is 17.7. The normalized spacial score (nSPS) is 18.1. The molecule has 0 radical (unpaired) electrons. The Kier molecular flexibility index (Phi) is 8.00. The van der Waals surface area contributed by atoms with Crippen LogP contribution in [0.4, 0.5) is 10.5 Å². The lowest BCUT2D eigenvalue weighted by Gasteiger charge is -2.35. The molecular formula is C32H39N3O4. The molecule has 1 aliphatic rings. The summed E-state index contributed by atoms with van der Waals surface area (Å²) < 4.78 is 5.38. The molecule has 4 atom stereocenters. The van der Waals surface area contributed by atoms with Gasteiger partial charge in [0.25, 0.3) is 5.91 Å². The fourth-order valence-corrected chi connectivity index (χ4v) is 4.91. The summed E-state index contributed by atoms with van der Waals surface area (Å²) in [6.07, 6.45) is 0.117. The lowest BCUT2D eigenvalue weighted by atomic mass is 9.94. The maximum atomic E-state index is 14.1. The molecule has 2 N–H and O–H groups in total. The van der Waals surface area contributed by atoms with Crippen LogP contribution in [0, 0.1) is 19.8 Å². The molecule has 4 unspecified atom stereocenters. The van der Waals surface area contributed by atoms with Crippen molar-refractivity contribution in [3.8, 4) is 0 Å². The third-order valence-electron chi connectivity index (χ3n) is 7.27. The molecular weight excluding hydrogens is 490 g/mol. The first kappa shape index (κ1) is 28.1. The van der Waals surface area contributed by atoms with Crippen LogP contribution in [0.15, 0.2) is 60.7 Å². The molecule has 1 aliphatic carbocycles. The smallest absolute Gasteiger partial charge is 0.408 e. The van der Waals surface area contributed by atoms with Crippen LogP contribution < -0.4 is 10.6 Å². The maximum Gasteiger partial charge on any atom is 0.408 e. The van der Waals surface area contributed by atoms with Crippen LogP contribution in [0.1, 0.15) is 63.8 Å².